The van der Waals surface area contributed by atoms with Crippen LogP contribution in [0.2, 0.25) is 0 Å². The lowest BCUT2D eigenvalue weighted by Gasteiger charge is -2.20. The molecular weight excluding hydrogens is 251 g/mol. The van der Waals surface area contributed by atoms with E-state index in [1.807, 2.05) is 0 Å². The minimum absolute atomic E-state index is 0.0664. The molecule has 0 aliphatic carbocycles. The van der Waals surface area contributed by atoms with E-state index in [-0.39, 0.29) is 17.5 Å². The van der Waals surface area contributed by atoms with Crippen LogP contribution in [-0.2, 0) is 0 Å². The number of benzene rings is 1. The van der Waals surface area contributed by atoms with E-state index >= 15 is 0 Å². The molecule has 0 amide bonds. The van der Waals surface area contributed by atoms with Crippen molar-refractivity contribution in [2.24, 2.45) is 5.92 Å². The Morgan fingerprint density at radius 3 is 2.94 bits per heavy atom. The fourth-order valence-electron chi connectivity index (χ4n) is 2.26. The van der Waals surface area contributed by atoms with Crippen LogP contribution in [0, 0.1) is 11.7 Å². The van der Waals surface area contributed by atoms with Gasteiger partial charge in [-0.25, -0.2) is 9.37 Å². The van der Waals surface area contributed by atoms with Gasteiger partial charge >= 0.3 is 0 Å². The number of aromatic nitrogens is 1. The number of halogens is 1. The lowest BCUT2D eigenvalue weighted by Crippen LogP contribution is -2.31. The van der Waals surface area contributed by atoms with Crippen molar-refractivity contribution in [3.63, 3.8) is 0 Å². The molecule has 0 atom stereocenters. The average Bonchev–Trinajstić information content (AvgIpc) is 2.81. The molecule has 1 N–H and O–H groups in total. The zero-order valence-electron chi connectivity index (χ0n) is 9.78. The number of nitrogens with zero attached hydrogens (tertiary/aromatic N) is 1. The van der Waals surface area contributed by atoms with E-state index < -0.39 is 0 Å². The van der Waals surface area contributed by atoms with Crippen LogP contribution in [0.3, 0.4) is 0 Å². The first-order valence-corrected chi connectivity index (χ1v) is 6.87. The minimum atomic E-state index is -0.285. The first-order valence-electron chi connectivity index (χ1n) is 6.05. The monoisotopic (exact) mass is 264 g/mol. The molecule has 0 unspecified atom stereocenters. The highest BCUT2D eigenvalue weighted by molar-refractivity contribution is 7.20. The summed E-state index contributed by atoms with van der Waals surface area (Å²) >= 11 is 1.29. The normalized spacial score (nSPS) is 17.2. The molecule has 0 saturated carbocycles. The zero-order valence-corrected chi connectivity index (χ0v) is 10.6. The molecule has 94 valence electrons. The number of fused-ring (bicyclic) bond motifs is 1. The smallest absolute Gasteiger partial charge is 0.194 e. The lowest BCUT2D eigenvalue weighted by atomic mass is 9.94. The quantitative estimate of drug-likeness (QED) is 0.848. The van der Waals surface area contributed by atoms with Crippen LogP contribution in [0.5, 0.6) is 0 Å². The Hall–Kier alpha value is -1.33. The van der Waals surface area contributed by atoms with Gasteiger partial charge in [0, 0.05) is 5.92 Å². The van der Waals surface area contributed by atoms with Crippen LogP contribution in [0.15, 0.2) is 18.2 Å². The second kappa shape index (κ2) is 4.74. The van der Waals surface area contributed by atoms with Gasteiger partial charge in [-0.3, -0.25) is 4.79 Å². The Balaban J connectivity index is 1.91. The van der Waals surface area contributed by atoms with Gasteiger partial charge in [0.25, 0.3) is 0 Å². The van der Waals surface area contributed by atoms with Crippen LogP contribution < -0.4 is 5.32 Å². The number of rotatable bonds is 2. The number of carbonyl (C=O) groups is 1. The molecular formula is C13H13FN2OS. The van der Waals surface area contributed by atoms with Crippen molar-refractivity contribution >= 4 is 27.3 Å². The second-order valence-corrected chi connectivity index (χ2v) is 5.55. The Morgan fingerprint density at radius 2 is 2.17 bits per heavy atom. The lowest BCUT2D eigenvalue weighted by molar-refractivity contribution is 0.0895. The van der Waals surface area contributed by atoms with Gasteiger partial charge in [0.15, 0.2) is 10.8 Å². The van der Waals surface area contributed by atoms with Crippen molar-refractivity contribution in [2.45, 2.75) is 12.8 Å². The summed E-state index contributed by atoms with van der Waals surface area (Å²) in [5.41, 5.74) is 0.707. The molecule has 2 heterocycles. The van der Waals surface area contributed by atoms with E-state index in [2.05, 4.69) is 10.3 Å². The maximum Gasteiger partial charge on any atom is 0.194 e. The predicted molar refractivity (Wildman–Crippen MR) is 69.5 cm³/mol. The number of Topliss-reactive ketones (excluding diaryl/α,β-unsaturated/α-hetero) is 1. The number of nitrogens with one attached hydrogen (secondary N) is 1. The number of piperidine rings is 1. The van der Waals surface area contributed by atoms with Crippen LogP contribution >= 0.6 is 11.3 Å². The predicted octanol–water partition coefficient (Wildman–Crippen LogP) is 2.62. The largest absolute Gasteiger partial charge is 0.317 e. The fourth-order valence-corrected chi connectivity index (χ4v) is 3.27. The summed E-state index contributed by atoms with van der Waals surface area (Å²) in [6.45, 7) is 1.77. The second-order valence-electron chi connectivity index (χ2n) is 4.52. The SMILES string of the molecule is O=C(c1nc2ccc(F)cc2s1)C1CCNCC1. The summed E-state index contributed by atoms with van der Waals surface area (Å²) in [6, 6.07) is 4.44. The third-order valence-corrected chi connectivity index (χ3v) is 4.30. The van der Waals surface area contributed by atoms with Gasteiger partial charge in [-0.2, -0.15) is 0 Å². The van der Waals surface area contributed by atoms with E-state index in [9.17, 15) is 9.18 Å². The highest BCUT2D eigenvalue weighted by atomic mass is 32.1. The summed E-state index contributed by atoms with van der Waals surface area (Å²) in [7, 11) is 0. The maximum absolute atomic E-state index is 13.1. The van der Waals surface area contributed by atoms with Gasteiger partial charge in [-0.05, 0) is 44.1 Å². The molecule has 1 aromatic heterocycles. The van der Waals surface area contributed by atoms with Gasteiger partial charge in [0.1, 0.15) is 5.82 Å². The molecule has 18 heavy (non-hydrogen) atoms. The summed E-state index contributed by atoms with van der Waals surface area (Å²) in [5, 5.41) is 3.75. The zero-order chi connectivity index (χ0) is 12.5. The Kier molecular flexibility index (Phi) is 3.09. The number of ketones is 1. The van der Waals surface area contributed by atoms with Crippen LogP contribution in [0.25, 0.3) is 10.2 Å². The van der Waals surface area contributed by atoms with E-state index in [0.29, 0.717) is 10.5 Å². The van der Waals surface area contributed by atoms with E-state index in [1.165, 1.54) is 23.5 Å². The van der Waals surface area contributed by atoms with Crippen molar-refractivity contribution in [1.82, 2.24) is 10.3 Å². The van der Waals surface area contributed by atoms with Crippen molar-refractivity contribution in [3.8, 4) is 0 Å². The van der Waals surface area contributed by atoms with Crippen LogP contribution in [0.1, 0.15) is 22.6 Å². The van der Waals surface area contributed by atoms with Crippen molar-refractivity contribution in [3.05, 3.63) is 29.0 Å². The summed E-state index contributed by atoms with van der Waals surface area (Å²) in [4.78, 5) is 16.6. The molecule has 3 nitrogen and oxygen atoms in total. The standard InChI is InChI=1S/C13H13FN2OS/c14-9-1-2-10-11(7-9)18-13(16-10)12(17)8-3-5-15-6-4-8/h1-2,7-8,15H,3-6H2. The summed E-state index contributed by atoms with van der Waals surface area (Å²) < 4.78 is 13.8. The van der Waals surface area contributed by atoms with Crippen LogP contribution in [-0.4, -0.2) is 23.9 Å². The van der Waals surface area contributed by atoms with E-state index in [0.717, 1.165) is 30.6 Å². The Bertz CT molecular complexity index is 590. The minimum Gasteiger partial charge on any atom is -0.317 e. The number of carbonyl (C=O) groups excluding carboxylic acids is 1. The van der Waals surface area contributed by atoms with Crippen molar-refractivity contribution in [1.29, 1.82) is 0 Å². The summed E-state index contributed by atoms with van der Waals surface area (Å²) in [6.07, 6.45) is 1.73. The number of hydrogen-bond acceptors (Lipinski definition) is 4. The molecule has 2 aromatic rings. The summed E-state index contributed by atoms with van der Waals surface area (Å²) in [5.74, 6) is -0.109. The molecule has 5 heteroatoms. The maximum atomic E-state index is 13.1. The van der Waals surface area contributed by atoms with Gasteiger partial charge in [0.2, 0.25) is 0 Å². The van der Waals surface area contributed by atoms with Crippen LogP contribution in [0.4, 0.5) is 4.39 Å². The van der Waals surface area contributed by atoms with Gasteiger partial charge < -0.3 is 5.32 Å². The van der Waals surface area contributed by atoms with Crippen molar-refractivity contribution in [2.75, 3.05) is 13.1 Å². The van der Waals surface area contributed by atoms with Crippen molar-refractivity contribution < 1.29 is 9.18 Å². The molecule has 0 bridgehead atoms. The third kappa shape index (κ3) is 2.15. The highest BCUT2D eigenvalue weighted by Gasteiger charge is 2.24. The molecule has 0 spiro atoms. The van der Waals surface area contributed by atoms with E-state index in [4.69, 9.17) is 0 Å². The topological polar surface area (TPSA) is 42.0 Å². The highest BCUT2D eigenvalue weighted by Crippen LogP contribution is 2.26. The first kappa shape index (κ1) is 11.7. The van der Waals surface area contributed by atoms with Gasteiger partial charge in [-0.1, -0.05) is 0 Å². The number of hydrogen-bond donors (Lipinski definition) is 1. The molecule has 1 aliphatic heterocycles. The molecule has 1 saturated heterocycles. The Morgan fingerprint density at radius 1 is 1.39 bits per heavy atom. The van der Waals surface area contributed by atoms with Gasteiger partial charge in [-0.15, -0.1) is 11.3 Å². The molecule has 3 rings (SSSR count). The first-order chi connectivity index (χ1) is 8.74. The molecule has 1 aliphatic rings. The third-order valence-electron chi connectivity index (χ3n) is 3.27. The van der Waals surface area contributed by atoms with Gasteiger partial charge in [0.05, 0.1) is 10.2 Å². The average molecular weight is 264 g/mol. The molecule has 0 radical (unpaired) electrons. The molecule has 1 fully saturated rings. The fraction of sp³-hybridized carbons (Fsp3) is 0.385. The molecule has 1 aromatic carbocycles. The Labute approximate surface area is 108 Å². The number of thiazole rings is 1. The van der Waals surface area contributed by atoms with E-state index in [1.54, 1.807) is 6.07 Å².